The molecule has 0 saturated heterocycles. The second kappa shape index (κ2) is 10.4. The van der Waals surface area contributed by atoms with Crippen molar-refractivity contribution in [2.75, 3.05) is 0 Å². The molecule has 9 heteroatoms. The summed E-state index contributed by atoms with van der Waals surface area (Å²) in [5.74, 6) is -2.42. The molecule has 3 N–H and O–H groups in total. The number of benzene rings is 1. The van der Waals surface area contributed by atoms with Crippen molar-refractivity contribution in [3.63, 3.8) is 0 Å². The zero-order valence-electron chi connectivity index (χ0n) is 15.7. The fourth-order valence-corrected chi connectivity index (χ4v) is 3.00. The predicted octanol–water partition coefficient (Wildman–Crippen LogP) is 4.19. The van der Waals surface area contributed by atoms with Crippen molar-refractivity contribution in [3.05, 3.63) is 62.6 Å². The Hall–Kier alpha value is -2.39. The number of hydrogen-bond donors (Lipinski definition) is 3. The molecule has 0 aliphatic carbocycles. The highest BCUT2D eigenvalue weighted by Gasteiger charge is 2.24. The van der Waals surface area contributed by atoms with Gasteiger partial charge in [0, 0.05) is 4.47 Å². The molecule has 154 valence electrons. The first-order valence-electron chi connectivity index (χ1n) is 8.73. The van der Waals surface area contributed by atoms with Crippen molar-refractivity contribution in [2.24, 2.45) is 5.92 Å². The SMILES string of the molecule is CC(C)C[C@H](NC(=O)/C(=C/c1ccc(Br)cc1)NC(=O)c1ccc(Br)o1)C(=O)O. The van der Waals surface area contributed by atoms with Crippen LogP contribution in [0.1, 0.15) is 36.4 Å². The van der Waals surface area contributed by atoms with E-state index in [0.29, 0.717) is 10.2 Å². The van der Waals surface area contributed by atoms with Gasteiger partial charge in [-0.3, -0.25) is 9.59 Å². The van der Waals surface area contributed by atoms with Crippen LogP contribution in [-0.2, 0) is 9.59 Å². The van der Waals surface area contributed by atoms with Crippen LogP contribution in [0.2, 0.25) is 0 Å². The van der Waals surface area contributed by atoms with Gasteiger partial charge in [0.2, 0.25) is 0 Å². The average Bonchev–Trinajstić information content (AvgIpc) is 3.08. The molecule has 2 aromatic rings. The van der Waals surface area contributed by atoms with E-state index in [1.807, 2.05) is 13.8 Å². The minimum absolute atomic E-state index is 0.00310. The Bertz CT molecular complexity index is 919. The molecule has 0 spiro atoms. The van der Waals surface area contributed by atoms with Crippen LogP contribution >= 0.6 is 31.9 Å². The number of hydrogen-bond acceptors (Lipinski definition) is 4. The van der Waals surface area contributed by atoms with E-state index in [1.165, 1.54) is 12.1 Å². The summed E-state index contributed by atoms with van der Waals surface area (Å²) in [6.45, 7) is 3.72. The van der Waals surface area contributed by atoms with Gasteiger partial charge < -0.3 is 20.2 Å². The lowest BCUT2D eigenvalue weighted by Crippen LogP contribution is -2.45. The highest BCUT2D eigenvalue weighted by molar-refractivity contribution is 9.10. The molecule has 1 heterocycles. The molecule has 0 bridgehead atoms. The van der Waals surface area contributed by atoms with E-state index in [1.54, 1.807) is 30.3 Å². The number of carboxylic acid groups (broad SMARTS) is 1. The summed E-state index contributed by atoms with van der Waals surface area (Å²) in [4.78, 5) is 36.7. The number of halogens is 2. The first kappa shape index (κ1) is 22.9. The Labute approximate surface area is 184 Å². The number of carboxylic acids is 1. The summed E-state index contributed by atoms with van der Waals surface area (Å²) in [5.41, 5.74) is 0.551. The number of carbonyl (C=O) groups is 3. The highest BCUT2D eigenvalue weighted by Crippen LogP contribution is 2.16. The minimum Gasteiger partial charge on any atom is -0.480 e. The van der Waals surface area contributed by atoms with Crippen LogP contribution in [0.15, 0.2) is 55.7 Å². The lowest BCUT2D eigenvalue weighted by molar-refractivity contribution is -0.141. The number of amides is 2. The first-order valence-corrected chi connectivity index (χ1v) is 10.3. The molecule has 0 unspecified atom stereocenters. The monoisotopic (exact) mass is 526 g/mol. The maximum Gasteiger partial charge on any atom is 0.326 e. The van der Waals surface area contributed by atoms with E-state index in [-0.39, 0.29) is 23.8 Å². The third-order valence-electron chi connectivity index (χ3n) is 3.78. The van der Waals surface area contributed by atoms with Crippen LogP contribution in [0.5, 0.6) is 0 Å². The van der Waals surface area contributed by atoms with Crippen molar-refractivity contribution >= 4 is 55.7 Å². The summed E-state index contributed by atoms with van der Waals surface area (Å²) >= 11 is 6.45. The van der Waals surface area contributed by atoms with Crippen LogP contribution in [0.25, 0.3) is 6.08 Å². The molecule has 2 rings (SSSR count). The lowest BCUT2D eigenvalue weighted by Gasteiger charge is -2.18. The number of nitrogens with one attached hydrogen (secondary N) is 2. The molecule has 0 aliphatic rings. The van der Waals surface area contributed by atoms with E-state index >= 15 is 0 Å². The van der Waals surface area contributed by atoms with Crippen molar-refractivity contribution in [1.29, 1.82) is 0 Å². The van der Waals surface area contributed by atoms with Gasteiger partial charge in [-0.25, -0.2) is 4.79 Å². The summed E-state index contributed by atoms with van der Waals surface area (Å²) in [6.07, 6.45) is 1.72. The zero-order valence-corrected chi connectivity index (χ0v) is 18.9. The van der Waals surface area contributed by atoms with Gasteiger partial charge in [-0.15, -0.1) is 0 Å². The van der Waals surface area contributed by atoms with E-state index in [2.05, 4.69) is 42.5 Å². The molecule has 0 radical (unpaired) electrons. The Morgan fingerprint density at radius 1 is 1.10 bits per heavy atom. The second-order valence-electron chi connectivity index (χ2n) is 6.66. The standard InChI is InChI=1S/C20H20Br2N2O5/c1-11(2)9-15(20(27)28)24-18(25)14(10-12-3-5-13(21)6-4-12)23-19(26)16-7-8-17(22)29-16/h3-8,10-11,15H,9H2,1-2H3,(H,23,26)(H,24,25)(H,27,28)/b14-10-/t15-/m0/s1. The van der Waals surface area contributed by atoms with Crippen molar-refractivity contribution in [2.45, 2.75) is 26.3 Å². The van der Waals surface area contributed by atoms with Gasteiger partial charge in [0.15, 0.2) is 10.4 Å². The van der Waals surface area contributed by atoms with E-state index < -0.39 is 23.8 Å². The highest BCUT2D eigenvalue weighted by atomic mass is 79.9. The van der Waals surface area contributed by atoms with Gasteiger partial charge in [-0.2, -0.15) is 0 Å². The number of carbonyl (C=O) groups excluding carboxylic acids is 2. The summed E-state index contributed by atoms with van der Waals surface area (Å²) in [6, 6.07) is 8.98. The fourth-order valence-electron chi connectivity index (χ4n) is 2.43. The molecule has 1 atom stereocenters. The molecule has 7 nitrogen and oxygen atoms in total. The van der Waals surface area contributed by atoms with E-state index in [0.717, 1.165) is 4.47 Å². The maximum atomic E-state index is 12.8. The fraction of sp³-hybridized carbons (Fsp3) is 0.250. The smallest absolute Gasteiger partial charge is 0.326 e. The normalized spacial score (nSPS) is 12.5. The first-order chi connectivity index (χ1) is 13.7. The summed E-state index contributed by atoms with van der Waals surface area (Å²) in [5, 5.41) is 14.4. The van der Waals surface area contributed by atoms with Gasteiger partial charge >= 0.3 is 5.97 Å². The largest absolute Gasteiger partial charge is 0.480 e. The maximum absolute atomic E-state index is 12.8. The van der Waals surface area contributed by atoms with Gasteiger partial charge in [0.25, 0.3) is 11.8 Å². The summed E-state index contributed by atoms with van der Waals surface area (Å²) in [7, 11) is 0. The zero-order chi connectivity index (χ0) is 21.6. The molecule has 0 fully saturated rings. The predicted molar refractivity (Wildman–Crippen MR) is 115 cm³/mol. The lowest BCUT2D eigenvalue weighted by atomic mass is 10.0. The topological polar surface area (TPSA) is 109 Å². The Morgan fingerprint density at radius 3 is 2.28 bits per heavy atom. The van der Waals surface area contributed by atoms with Crippen LogP contribution in [0, 0.1) is 5.92 Å². The van der Waals surface area contributed by atoms with E-state index in [9.17, 15) is 19.5 Å². The third-order valence-corrected chi connectivity index (χ3v) is 4.74. The third kappa shape index (κ3) is 7.17. The van der Waals surface area contributed by atoms with Crippen LogP contribution in [0.4, 0.5) is 0 Å². The molecular weight excluding hydrogens is 508 g/mol. The number of rotatable bonds is 8. The van der Waals surface area contributed by atoms with Crippen LogP contribution in [-0.4, -0.2) is 28.9 Å². The van der Waals surface area contributed by atoms with Gasteiger partial charge in [0.1, 0.15) is 11.7 Å². The number of aliphatic carboxylic acids is 1. The quantitative estimate of drug-likeness (QED) is 0.446. The molecule has 1 aromatic carbocycles. The minimum atomic E-state index is -1.14. The Balaban J connectivity index is 2.29. The van der Waals surface area contributed by atoms with Crippen LogP contribution in [0.3, 0.4) is 0 Å². The van der Waals surface area contributed by atoms with Crippen molar-refractivity contribution in [1.82, 2.24) is 10.6 Å². The van der Waals surface area contributed by atoms with Crippen LogP contribution < -0.4 is 10.6 Å². The van der Waals surface area contributed by atoms with Gasteiger partial charge in [0.05, 0.1) is 0 Å². The molecule has 29 heavy (non-hydrogen) atoms. The Kier molecular flexibility index (Phi) is 8.21. The summed E-state index contributed by atoms with van der Waals surface area (Å²) < 4.78 is 6.43. The number of furan rings is 1. The van der Waals surface area contributed by atoms with E-state index in [4.69, 9.17) is 4.42 Å². The van der Waals surface area contributed by atoms with Gasteiger partial charge in [-0.1, -0.05) is 41.9 Å². The molecule has 0 saturated carbocycles. The second-order valence-corrected chi connectivity index (χ2v) is 8.36. The Morgan fingerprint density at radius 2 is 1.76 bits per heavy atom. The van der Waals surface area contributed by atoms with Crippen molar-refractivity contribution in [3.8, 4) is 0 Å². The van der Waals surface area contributed by atoms with Gasteiger partial charge in [-0.05, 0) is 64.2 Å². The molecule has 0 aliphatic heterocycles. The molecule has 1 aromatic heterocycles. The average molecular weight is 528 g/mol. The molecular formula is C20H20Br2N2O5. The van der Waals surface area contributed by atoms with Crippen molar-refractivity contribution < 1.29 is 23.9 Å². The molecule has 2 amide bonds.